The number of carbonyl (C=O) groups is 1. The fourth-order valence-corrected chi connectivity index (χ4v) is 3.23. The molecular formula is C24H28N2O4. The van der Waals surface area contributed by atoms with Crippen LogP contribution in [0.25, 0.3) is 10.8 Å². The molecule has 1 aromatic heterocycles. The van der Waals surface area contributed by atoms with E-state index < -0.39 is 11.7 Å². The highest BCUT2D eigenvalue weighted by molar-refractivity contribution is 5.91. The molecule has 0 aliphatic heterocycles. The second-order valence-electron chi connectivity index (χ2n) is 8.00. The van der Waals surface area contributed by atoms with Crippen molar-refractivity contribution in [3.8, 4) is 11.5 Å². The van der Waals surface area contributed by atoms with Crippen LogP contribution in [0.1, 0.15) is 37.6 Å². The van der Waals surface area contributed by atoms with Gasteiger partial charge in [0.1, 0.15) is 5.60 Å². The molecule has 2 aromatic carbocycles. The Kier molecular flexibility index (Phi) is 6.45. The van der Waals surface area contributed by atoms with E-state index in [2.05, 4.69) is 17.4 Å². The first kappa shape index (κ1) is 21.4. The molecule has 0 aliphatic carbocycles. The van der Waals surface area contributed by atoms with Crippen LogP contribution in [0.3, 0.4) is 0 Å². The molecule has 158 valence electrons. The molecular weight excluding hydrogens is 380 g/mol. The fraction of sp³-hybridized carbons (Fsp3) is 0.333. The Morgan fingerprint density at radius 2 is 1.63 bits per heavy atom. The highest BCUT2D eigenvalue weighted by atomic mass is 16.6. The lowest BCUT2D eigenvalue weighted by atomic mass is 10.00. The maximum Gasteiger partial charge on any atom is 0.407 e. The Hall–Kier alpha value is -3.28. The second kappa shape index (κ2) is 9.03. The highest BCUT2D eigenvalue weighted by Gasteiger charge is 2.18. The Morgan fingerprint density at radius 1 is 1.00 bits per heavy atom. The predicted octanol–water partition coefficient (Wildman–Crippen LogP) is 4.87. The van der Waals surface area contributed by atoms with Crippen LogP contribution in [0.2, 0.25) is 0 Å². The monoisotopic (exact) mass is 408 g/mol. The number of aromatic nitrogens is 1. The predicted molar refractivity (Wildman–Crippen MR) is 117 cm³/mol. The standard InChI is InChI=1S/C24H28N2O4/c1-24(2,3)30-23(27)26-15-17-14-25-20(11-16-9-7-6-8-10-16)19-13-22(29-5)21(28-4)12-18(17)19/h6-10,12-14H,11,15H2,1-5H3,(H,26,27). The zero-order chi connectivity index (χ0) is 21.7. The normalized spacial score (nSPS) is 11.2. The van der Waals surface area contributed by atoms with Crippen molar-refractivity contribution >= 4 is 16.9 Å². The van der Waals surface area contributed by atoms with Crippen LogP contribution >= 0.6 is 0 Å². The van der Waals surface area contributed by atoms with Crippen molar-refractivity contribution in [1.82, 2.24) is 10.3 Å². The number of carbonyl (C=O) groups excluding carboxylic acids is 1. The van der Waals surface area contributed by atoms with Gasteiger partial charge < -0.3 is 19.5 Å². The number of amides is 1. The van der Waals surface area contributed by atoms with E-state index in [0.717, 1.165) is 22.0 Å². The van der Waals surface area contributed by atoms with E-state index >= 15 is 0 Å². The van der Waals surface area contributed by atoms with Crippen LogP contribution < -0.4 is 14.8 Å². The Morgan fingerprint density at radius 3 is 2.23 bits per heavy atom. The first-order chi connectivity index (χ1) is 14.3. The largest absolute Gasteiger partial charge is 0.493 e. The van der Waals surface area contributed by atoms with Crippen molar-refractivity contribution in [2.75, 3.05) is 14.2 Å². The molecule has 0 bridgehead atoms. The van der Waals surface area contributed by atoms with Gasteiger partial charge in [-0.15, -0.1) is 0 Å². The van der Waals surface area contributed by atoms with Gasteiger partial charge in [0.15, 0.2) is 11.5 Å². The molecule has 1 heterocycles. The summed E-state index contributed by atoms with van der Waals surface area (Å²) in [6, 6.07) is 14.0. The molecule has 0 saturated heterocycles. The number of nitrogens with one attached hydrogen (secondary N) is 1. The summed E-state index contributed by atoms with van der Waals surface area (Å²) in [5, 5.41) is 4.72. The van der Waals surface area contributed by atoms with Crippen LogP contribution in [-0.4, -0.2) is 30.9 Å². The Balaban J connectivity index is 1.99. The zero-order valence-corrected chi connectivity index (χ0v) is 18.1. The summed E-state index contributed by atoms with van der Waals surface area (Å²) in [4.78, 5) is 16.8. The van der Waals surface area contributed by atoms with Gasteiger partial charge in [0.25, 0.3) is 0 Å². The smallest absolute Gasteiger partial charge is 0.407 e. The molecule has 1 N–H and O–H groups in total. The number of methoxy groups -OCH3 is 2. The van der Waals surface area contributed by atoms with Gasteiger partial charge in [-0.2, -0.15) is 0 Å². The molecule has 0 atom stereocenters. The van der Waals surface area contributed by atoms with E-state index in [0.29, 0.717) is 24.5 Å². The number of benzene rings is 2. The summed E-state index contributed by atoms with van der Waals surface area (Å²) in [6.45, 7) is 5.79. The fourth-order valence-electron chi connectivity index (χ4n) is 3.23. The van der Waals surface area contributed by atoms with E-state index in [1.54, 1.807) is 20.4 Å². The van der Waals surface area contributed by atoms with Crippen molar-refractivity contribution < 1.29 is 19.0 Å². The number of alkyl carbamates (subject to hydrolysis) is 1. The third-order valence-corrected chi connectivity index (χ3v) is 4.59. The lowest BCUT2D eigenvalue weighted by Gasteiger charge is -2.20. The van der Waals surface area contributed by atoms with Gasteiger partial charge in [-0.25, -0.2) is 4.79 Å². The number of ether oxygens (including phenoxy) is 3. The van der Waals surface area contributed by atoms with E-state index in [-0.39, 0.29) is 0 Å². The van der Waals surface area contributed by atoms with Crippen LogP contribution in [0.5, 0.6) is 11.5 Å². The van der Waals surface area contributed by atoms with Crippen molar-refractivity contribution in [3.63, 3.8) is 0 Å². The Labute approximate surface area is 177 Å². The van der Waals surface area contributed by atoms with Crippen molar-refractivity contribution in [1.29, 1.82) is 0 Å². The van der Waals surface area contributed by atoms with Crippen LogP contribution in [-0.2, 0) is 17.7 Å². The summed E-state index contributed by atoms with van der Waals surface area (Å²) < 4.78 is 16.3. The van der Waals surface area contributed by atoms with E-state index in [4.69, 9.17) is 19.2 Å². The minimum Gasteiger partial charge on any atom is -0.493 e. The molecule has 0 fully saturated rings. The molecule has 6 nitrogen and oxygen atoms in total. The first-order valence-electron chi connectivity index (χ1n) is 9.84. The lowest BCUT2D eigenvalue weighted by Crippen LogP contribution is -2.32. The van der Waals surface area contributed by atoms with Crippen LogP contribution in [0.15, 0.2) is 48.7 Å². The van der Waals surface area contributed by atoms with Crippen molar-refractivity contribution in [3.05, 3.63) is 65.5 Å². The average molecular weight is 408 g/mol. The lowest BCUT2D eigenvalue weighted by molar-refractivity contribution is 0.0524. The highest BCUT2D eigenvalue weighted by Crippen LogP contribution is 2.35. The van der Waals surface area contributed by atoms with Gasteiger partial charge in [0.05, 0.1) is 19.9 Å². The zero-order valence-electron chi connectivity index (χ0n) is 18.1. The number of hydrogen-bond acceptors (Lipinski definition) is 5. The summed E-state index contributed by atoms with van der Waals surface area (Å²) in [6.07, 6.45) is 2.01. The van der Waals surface area contributed by atoms with Gasteiger partial charge >= 0.3 is 6.09 Å². The molecule has 3 rings (SSSR count). The van der Waals surface area contributed by atoms with Gasteiger partial charge in [0.2, 0.25) is 0 Å². The third kappa shape index (κ3) is 5.20. The van der Waals surface area contributed by atoms with E-state index in [1.807, 2.05) is 51.1 Å². The number of hydrogen-bond donors (Lipinski definition) is 1. The van der Waals surface area contributed by atoms with Crippen molar-refractivity contribution in [2.24, 2.45) is 0 Å². The summed E-state index contributed by atoms with van der Waals surface area (Å²) in [7, 11) is 3.22. The first-order valence-corrected chi connectivity index (χ1v) is 9.84. The maximum absolute atomic E-state index is 12.1. The molecule has 0 saturated carbocycles. The Bertz CT molecular complexity index is 1030. The maximum atomic E-state index is 12.1. The number of fused-ring (bicyclic) bond motifs is 1. The minimum atomic E-state index is -0.555. The van der Waals surface area contributed by atoms with Crippen molar-refractivity contribution in [2.45, 2.75) is 39.3 Å². The van der Waals surface area contributed by atoms with Crippen LogP contribution in [0, 0.1) is 0 Å². The second-order valence-corrected chi connectivity index (χ2v) is 8.00. The average Bonchev–Trinajstić information content (AvgIpc) is 2.71. The summed E-state index contributed by atoms with van der Waals surface area (Å²) in [5.41, 5.74) is 2.41. The molecule has 0 unspecified atom stereocenters. The summed E-state index contributed by atoms with van der Waals surface area (Å²) >= 11 is 0. The van der Waals surface area contributed by atoms with Gasteiger partial charge in [0, 0.05) is 24.5 Å². The SMILES string of the molecule is COc1cc2c(CNC(=O)OC(C)(C)C)cnc(Cc3ccccc3)c2cc1OC. The molecule has 6 heteroatoms. The topological polar surface area (TPSA) is 69.7 Å². The molecule has 3 aromatic rings. The number of rotatable bonds is 6. The molecule has 0 spiro atoms. The van der Waals surface area contributed by atoms with E-state index in [1.165, 1.54) is 5.56 Å². The minimum absolute atomic E-state index is 0.291. The molecule has 0 aliphatic rings. The van der Waals surface area contributed by atoms with Gasteiger partial charge in [-0.3, -0.25) is 4.98 Å². The quantitative estimate of drug-likeness (QED) is 0.630. The molecule has 1 amide bonds. The third-order valence-electron chi connectivity index (χ3n) is 4.59. The van der Waals surface area contributed by atoms with Crippen LogP contribution in [0.4, 0.5) is 4.79 Å². The van der Waals surface area contributed by atoms with Gasteiger partial charge in [-0.1, -0.05) is 30.3 Å². The molecule has 30 heavy (non-hydrogen) atoms. The molecule has 0 radical (unpaired) electrons. The van der Waals surface area contributed by atoms with E-state index in [9.17, 15) is 4.79 Å². The number of pyridine rings is 1. The summed E-state index contributed by atoms with van der Waals surface area (Å²) in [5.74, 6) is 1.26. The van der Waals surface area contributed by atoms with Gasteiger partial charge in [-0.05, 0) is 49.4 Å². The number of nitrogens with zero attached hydrogens (tertiary/aromatic N) is 1.